The number of nitrogens with zero attached hydrogens (tertiary/aromatic N) is 1. The van der Waals surface area contributed by atoms with E-state index in [1.54, 1.807) is 0 Å². The number of phenolic OH excluding ortho intramolecular Hbond substituents is 1. The third-order valence-electron chi connectivity index (χ3n) is 1.78. The summed E-state index contributed by atoms with van der Waals surface area (Å²) in [7, 11) is 0. The van der Waals surface area contributed by atoms with Crippen molar-refractivity contribution in [3.05, 3.63) is 29.6 Å². The maximum atomic E-state index is 12.7. The standard InChI is InChI=1S/C10H10FNO3/c1-6(10(14)15)12-5-7-4-8(11)2-3-9(7)13/h2-6,13H,1H3,(H,14,15)/t6-/m1/s1. The van der Waals surface area contributed by atoms with E-state index in [4.69, 9.17) is 5.11 Å². The molecule has 0 aromatic heterocycles. The van der Waals surface area contributed by atoms with Gasteiger partial charge in [-0.1, -0.05) is 0 Å². The van der Waals surface area contributed by atoms with Crippen molar-refractivity contribution >= 4 is 12.2 Å². The van der Waals surface area contributed by atoms with E-state index >= 15 is 0 Å². The summed E-state index contributed by atoms with van der Waals surface area (Å²) in [6.07, 6.45) is 1.14. The number of carboxylic acid groups (broad SMARTS) is 1. The van der Waals surface area contributed by atoms with Crippen LogP contribution < -0.4 is 0 Å². The third-order valence-corrected chi connectivity index (χ3v) is 1.78. The maximum absolute atomic E-state index is 12.7. The number of halogens is 1. The molecule has 0 fully saturated rings. The predicted molar refractivity (Wildman–Crippen MR) is 52.8 cm³/mol. The van der Waals surface area contributed by atoms with Crippen LogP contribution >= 0.6 is 0 Å². The molecule has 0 aliphatic heterocycles. The molecule has 0 bridgehead atoms. The second-order valence-electron chi connectivity index (χ2n) is 3.00. The van der Waals surface area contributed by atoms with E-state index in [0.717, 1.165) is 18.3 Å². The van der Waals surface area contributed by atoms with Gasteiger partial charge in [-0.15, -0.1) is 0 Å². The topological polar surface area (TPSA) is 69.9 Å². The zero-order valence-corrected chi connectivity index (χ0v) is 8.01. The summed E-state index contributed by atoms with van der Waals surface area (Å²) in [5, 5.41) is 17.8. The molecule has 2 N–H and O–H groups in total. The second kappa shape index (κ2) is 4.54. The lowest BCUT2D eigenvalue weighted by Gasteiger charge is -2.00. The Balaban J connectivity index is 2.89. The first kappa shape index (κ1) is 11.2. The SMILES string of the molecule is C[C@@H](N=Cc1cc(F)ccc1O)C(=O)O. The molecule has 4 nitrogen and oxygen atoms in total. The van der Waals surface area contributed by atoms with Gasteiger partial charge in [-0.2, -0.15) is 0 Å². The normalized spacial score (nSPS) is 12.9. The van der Waals surface area contributed by atoms with E-state index in [-0.39, 0.29) is 11.3 Å². The van der Waals surface area contributed by atoms with Crippen molar-refractivity contribution in [3.63, 3.8) is 0 Å². The average Bonchev–Trinajstić information content (AvgIpc) is 2.18. The monoisotopic (exact) mass is 211 g/mol. The summed E-state index contributed by atoms with van der Waals surface area (Å²) in [5.41, 5.74) is 0.156. The van der Waals surface area contributed by atoms with Gasteiger partial charge >= 0.3 is 5.97 Å². The molecule has 0 saturated heterocycles. The smallest absolute Gasteiger partial charge is 0.328 e. The second-order valence-corrected chi connectivity index (χ2v) is 3.00. The quantitative estimate of drug-likeness (QED) is 0.743. The van der Waals surface area contributed by atoms with Crippen LogP contribution in [-0.4, -0.2) is 28.4 Å². The Morgan fingerprint density at radius 1 is 1.60 bits per heavy atom. The largest absolute Gasteiger partial charge is 0.507 e. The first-order valence-electron chi connectivity index (χ1n) is 4.25. The molecule has 1 aromatic carbocycles. The number of aliphatic carboxylic acids is 1. The Hall–Kier alpha value is -1.91. The van der Waals surface area contributed by atoms with Crippen LogP contribution in [0.5, 0.6) is 5.75 Å². The predicted octanol–water partition coefficient (Wildman–Crippen LogP) is 1.42. The molecule has 80 valence electrons. The molecule has 1 aromatic rings. The Bertz CT molecular complexity index is 404. The molecule has 0 heterocycles. The van der Waals surface area contributed by atoms with Crippen LogP contribution in [0.4, 0.5) is 4.39 Å². The van der Waals surface area contributed by atoms with E-state index in [2.05, 4.69) is 4.99 Å². The van der Waals surface area contributed by atoms with Gasteiger partial charge in [0.25, 0.3) is 0 Å². The highest BCUT2D eigenvalue weighted by Gasteiger charge is 2.07. The number of carbonyl (C=O) groups is 1. The fourth-order valence-corrected chi connectivity index (χ4v) is 0.885. The molecular weight excluding hydrogens is 201 g/mol. The highest BCUT2D eigenvalue weighted by Crippen LogP contribution is 2.15. The Kier molecular flexibility index (Phi) is 3.38. The lowest BCUT2D eigenvalue weighted by molar-refractivity contribution is -0.137. The number of phenols is 1. The van der Waals surface area contributed by atoms with E-state index in [9.17, 15) is 14.3 Å². The van der Waals surface area contributed by atoms with Crippen LogP contribution in [0.3, 0.4) is 0 Å². The first-order chi connectivity index (χ1) is 7.00. The van der Waals surface area contributed by atoms with Crippen LogP contribution in [0.15, 0.2) is 23.2 Å². The van der Waals surface area contributed by atoms with Crippen molar-refractivity contribution in [2.24, 2.45) is 4.99 Å². The van der Waals surface area contributed by atoms with Gasteiger partial charge in [0.05, 0.1) is 0 Å². The number of hydrogen-bond donors (Lipinski definition) is 2. The number of rotatable bonds is 3. The molecule has 15 heavy (non-hydrogen) atoms. The Labute approximate surface area is 85.7 Å². The molecule has 0 unspecified atom stereocenters. The molecule has 0 aliphatic rings. The molecule has 0 amide bonds. The van der Waals surface area contributed by atoms with Crippen molar-refractivity contribution in [3.8, 4) is 5.75 Å². The average molecular weight is 211 g/mol. The number of aliphatic imine (C=N–C) groups is 1. The molecule has 0 aliphatic carbocycles. The number of aromatic hydroxyl groups is 1. The van der Waals surface area contributed by atoms with E-state index < -0.39 is 17.8 Å². The Morgan fingerprint density at radius 3 is 2.87 bits per heavy atom. The number of benzene rings is 1. The summed E-state index contributed by atoms with van der Waals surface area (Å²) in [6, 6.07) is 2.44. The molecule has 0 spiro atoms. The van der Waals surface area contributed by atoms with Crippen LogP contribution in [0.1, 0.15) is 12.5 Å². The van der Waals surface area contributed by atoms with Gasteiger partial charge in [0.2, 0.25) is 0 Å². The highest BCUT2D eigenvalue weighted by molar-refractivity contribution is 5.85. The Morgan fingerprint density at radius 2 is 2.27 bits per heavy atom. The van der Waals surface area contributed by atoms with E-state index in [0.29, 0.717) is 0 Å². The molecule has 0 saturated carbocycles. The van der Waals surface area contributed by atoms with Gasteiger partial charge < -0.3 is 10.2 Å². The van der Waals surface area contributed by atoms with E-state index in [1.807, 2.05) is 0 Å². The summed E-state index contributed by atoms with van der Waals surface area (Å²) in [6.45, 7) is 1.38. The lowest BCUT2D eigenvalue weighted by atomic mass is 10.2. The van der Waals surface area contributed by atoms with Gasteiger partial charge in [0.15, 0.2) is 0 Å². The van der Waals surface area contributed by atoms with Crippen LogP contribution in [-0.2, 0) is 4.79 Å². The molecule has 1 atom stereocenters. The maximum Gasteiger partial charge on any atom is 0.328 e. The molecule has 5 heteroatoms. The van der Waals surface area contributed by atoms with Crippen molar-refractivity contribution in [2.75, 3.05) is 0 Å². The zero-order chi connectivity index (χ0) is 11.4. The fraction of sp³-hybridized carbons (Fsp3) is 0.200. The molecular formula is C10H10FNO3. The van der Waals surface area contributed by atoms with Gasteiger partial charge in [0.1, 0.15) is 17.6 Å². The van der Waals surface area contributed by atoms with Gasteiger partial charge in [-0.25, -0.2) is 9.18 Å². The van der Waals surface area contributed by atoms with Crippen molar-refractivity contribution in [1.29, 1.82) is 0 Å². The summed E-state index contributed by atoms with van der Waals surface area (Å²) in [4.78, 5) is 14.1. The van der Waals surface area contributed by atoms with Crippen molar-refractivity contribution < 1.29 is 19.4 Å². The summed E-state index contributed by atoms with van der Waals surface area (Å²) < 4.78 is 12.7. The van der Waals surface area contributed by atoms with Crippen LogP contribution in [0.2, 0.25) is 0 Å². The van der Waals surface area contributed by atoms with Gasteiger partial charge in [-0.3, -0.25) is 4.99 Å². The molecule has 1 rings (SSSR count). The minimum absolute atomic E-state index is 0.141. The van der Waals surface area contributed by atoms with Crippen molar-refractivity contribution in [2.45, 2.75) is 13.0 Å². The van der Waals surface area contributed by atoms with Crippen LogP contribution in [0.25, 0.3) is 0 Å². The lowest BCUT2D eigenvalue weighted by Crippen LogP contribution is -2.13. The minimum atomic E-state index is -1.08. The van der Waals surface area contributed by atoms with Crippen LogP contribution in [0, 0.1) is 5.82 Å². The summed E-state index contributed by atoms with van der Waals surface area (Å²) >= 11 is 0. The van der Waals surface area contributed by atoms with Gasteiger partial charge in [0, 0.05) is 11.8 Å². The molecule has 0 radical (unpaired) electrons. The third kappa shape index (κ3) is 3.05. The zero-order valence-electron chi connectivity index (χ0n) is 8.01. The minimum Gasteiger partial charge on any atom is -0.507 e. The van der Waals surface area contributed by atoms with E-state index in [1.165, 1.54) is 13.0 Å². The first-order valence-corrected chi connectivity index (χ1v) is 4.25. The summed E-state index contributed by atoms with van der Waals surface area (Å²) in [5.74, 6) is -1.74. The van der Waals surface area contributed by atoms with Gasteiger partial charge in [-0.05, 0) is 25.1 Å². The number of hydrogen-bond acceptors (Lipinski definition) is 3. The highest BCUT2D eigenvalue weighted by atomic mass is 19.1. The number of carboxylic acids is 1. The fourth-order valence-electron chi connectivity index (χ4n) is 0.885. The van der Waals surface area contributed by atoms with Crippen molar-refractivity contribution in [1.82, 2.24) is 0 Å².